The van der Waals surface area contributed by atoms with Crippen molar-refractivity contribution in [1.82, 2.24) is 4.90 Å². The summed E-state index contributed by atoms with van der Waals surface area (Å²) in [6.45, 7) is 0.571. The lowest BCUT2D eigenvalue weighted by Gasteiger charge is -2.36. The molecule has 5 heteroatoms. The standard InChI is InChI=1S/C16H19NO3S/c18-15(17-9-4-3-6-13(17)16(19)20)12-8-10-21-14-7-2-1-5-11(12)14/h1-2,5,7,12-13H,3-4,6,8-10H2,(H,19,20). The second kappa shape index (κ2) is 6.10. The Bertz CT molecular complexity index is 560. The van der Waals surface area contributed by atoms with Crippen LogP contribution in [0.4, 0.5) is 0 Å². The molecule has 0 bridgehead atoms. The number of thioether (sulfide) groups is 1. The highest BCUT2D eigenvalue weighted by molar-refractivity contribution is 7.99. The van der Waals surface area contributed by atoms with Gasteiger partial charge in [0.2, 0.25) is 5.91 Å². The van der Waals surface area contributed by atoms with E-state index in [-0.39, 0.29) is 11.8 Å². The number of carboxylic acids is 1. The van der Waals surface area contributed by atoms with Gasteiger partial charge in [-0.1, -0.05) is 18.2 Å². The number of rotatable bonds is 2. The van der Waals surface area contributed by atoms with Crippen molar-refractivity contribution in [3.05, 3.63) is 29.8 Å². The lowest BCUT2D eigenvalue weighted by atomic mass is 9.92. The van der Waals surface area contributed by atoms with E-state index in [1.807, 2.05) is 24.3 Å². The predicted octanol–water partition coefficient (Wildman–Crippen LogP) is 2.73. The number of piperidine rings is 1. The van der Waals surface area contributed by atoms with Crippen LogP contribution in [0, 0.1) is 0 Å². The number of aliphatic carboxylic acids is 1. The van der Waals surface area contributed by atoms with Crippen LogP contribution in [0.5, 0.6) is 0 Å². The largest absolute Gasteiger partial charge is 0.480 e. The molecule has 21 heavy (non-hydrogen) atoms. The maximum absolute atomic E-state index is 12.9. The number of hydrogen-bond donors (Lipinski definition) is 1. The summed E-state index contributed by atoms with van der Waals surface area (Å²) in [6, 6.07) is 7.34. The fourth-order valence-corrected chi connectivity index (χ4v) is 4.38. The summed E-state index contributed by atoms with van der Waals surface area (Å²) in [7, 11) is 0. The van der Waals surface area contributed by atoms with E-state index in [1.165, 1.54) is 0 Å². The summed E-state index contributed by atoms with van der Waals surface area (Å²) < 4.78 is 0. The number of carbonyl (C=O) groups is 2. The minimum atomic E-state index is -0.874. The van der Waals surface area contributed by atoms with Crippen LogP contribution in [0.1, 0.15) is 37.2 Å². The first-order valence-electron chi connectivity index (χ1n) is 7.43. The fraction of sp³-hybridized carbons (Fsp3) is 0.500. The van der Waals surface area contributed by atoms with Crippen molar-refractivity contribution in [2.75, 3.05) is 12.3 Å². The van der Waals surface area contributed by atoms with E-state index in [0.29, 0.717) is 13.0 Å². The molecule has 2 aliphatic rings. The van der Waals surface area contributed by atoms with Gasteiger partial charge in [0.05, 0.1) is 5.92 Å². The number of nitrogens with zero attached hydrogens (tertiary/aromatic N) is 1. The van der Waals surface area contributed by atoms with Crippen LogP contribution in [0.2, 0.25) is 0 Å². The van der Waals surface area contributed by atoms with Gasteiger partial charge in [-0.3, -0.25) is 4.79 Å². The Morgan fingerprint density at radius 1 is 1.19 bits per heavy atom. The summed E-state index contributed by atoms with van der Waals surface area (Å²) in [5, 5.41) is 9.35. The lowest BCUT2D eigenvalue weighted by molar-refractivity contribution is -0.152. The highest BCUT2D eigenvalue weighted by atomic mass is 32.2. The number of carboxylic acid groups (broad SMARTS) is 1. The Kier molecular flexibility index (Phi) is 4.19. The molecule has 2 heterocycles. The maximum Gasteiger partial charge on any atom is 0.326 e. The van der Waals surface area contributed by atoms with Crippen LogP contribution in [0.3, 0.4) is 0 Å². The van der Waals surface area contributed by atoms with Gasteiger partial charge >= 0.3 is 5.97 Å². The Labute approximate surface area is 128 Å². The van der Waals surface area contributed by atoms with E-state index >= 15 is 0 Å². The Morgan fingerprint density at radius 2 is 2.00 bits per heavy atom. The third kappa shape index (κ3) is 2.79. The minimum Gasteiger partial charge on any atom is -0.480 e. The van der Waals surface area contributed by atoms with Gasteiger partial charge < -0.3 is 10.0 Å². The first-order valence-corrected chi connectivity index (χ1v) is 8.42. The number of likely N-dealkylation sites (tertiary alicyclic amines) is 1. The van der Waals surface area contributed by atoms with Gasteiger partial charge in [0.1, 0.15) is 6.04 Å². The number of benzene rings is 1. The highest BCUT2D eigenvalue weighted by Crippen LogP contribution is 2.39. The van der Waals surface area contributed by atoms with Gasteiger partial charge in [0.15, 0.2) is 0 Å². The van der Waals surface area contributed by atoms with Crippen molar-refractivity contribution in [2.24, 2.45) is 0 Å². The van der Waals surface area contributed by atoms with Gasteiger partial charge in [-0.25, -0.2) is 4.79 Å². The van der Waals surface area contributed by atoms with Crippen molar-refractivity contribution in [1.29, 1.82) is 0 Å². The number of fused-ring (bicyclic) bond motifs is 1. The monoisotopic (exact) mass is 305 g/mol. The molecular weight excluding hydrogens is 286 g/mol. The van der Waals surface area contributed by atoms with Crippen molar-refractivity contribution < 1.29 is 14.7 Å². The Morgan fingerprint density at radius 3 is 2.81 bits per heavy atom. The van der Waals surface area contributed by atoms with Crippen LogP contribution in [-0.4, -0.2) is 40.2 Å². The fourth-order valence-electron chi connectivity index (χ4n) is 3.25. The molecular formula is C16H19NO3S. The van der Waals surface area contributed by atoms with Crippen LogP contribution in [0.15, 0.2) is 29.2 Å². The van der Waals surface area contributed by atoms with Crippen LogP contribution in [-0.2, 0) is 9.59 Å². The zero-order chi connectivity index (χ0) is 14.8. The van der Waals surface area contributed by atoms with Gasteiger partial charge in [0.25, 0.3) is 0 Å². The van der Waals surface area contributed by atoms with Gasteiger partial charge in [0, 0.05) is 11.4 Å². The van der Waals surface area contributed by atoms with Crippen LogP contribution in [0.25, 0.3) is 0 Å². The van der Waals surface area contributed by atoms with Gasteiger partial charge in [-0.2, -0.15) is 0 Å². The summed E-state index contributed by atoms with van der Waals surface area (Å²) in [4.78, 5) is 27.0. The smallest absolute Gasteiger partial charge is 0.326 e. The molecule has 2 unspecified atom stereocenters. The highest BCUT2D eigenvalue weighted by Gasteiger charge is 2.37. The normalized spacial score (nSPS) is 25.2. The van der Waals surface area contributed by atoms with E-state index in [1.54, 1.807) is 16.7 Å². The van der Waals surface area contributed by atoms with Crippen molar-refractivity contribution in [3.63, 3.8) is 0 Å². The third-order valence-electron chi connectivity index (χ3n) is 4.33. The van der Waals surface area contributed by atoms with E-state index in [9.17, 15) is 14.7 Å². The average molecular weight is 305 g/mol. The quantitative estimate of drug-likeness (QED) is 0.913. The van der Waals surface area contributed by atoms with E-state index < -0.39 is 12.0 Å². The van der Waals surface area contributed by atoms with Crippen molar-refractivity contribution in [3.8, 4) is 0 Å². The molecule has 112 valence electrons. The Hall–Kier alpha value is -1.49. The molecule has 1 amide bonds. The third-order valence-corrected chi connectivity index (χ3v) is 5.45. The summed E-state index contributed by atoms with van der Waals surface area (Å²) in [5.41, 5.74) is 1.06. The zero-order valence-electron chi connectivity index (χ0n) is 11.8. The lowest BCUT2D eigenvalue weighted by Crippen LogP contribution is -2.50. The van der Waals surface area contributed by atoms with E-state index in [4.69, 9.17) is 0 Å². The second-order valence-electron chi connectivity index (χ2n) is 5.61. The molecule has 1 saturated heterocycles. The number of hydrogen-bond acceptors (Lipinski definition) is 3. The number of amides is 1. The van der Waals surface area contributed by atoms with Crippen LogP contribution >= 0.6 is 11.8 Å². The average Bonchev–Trinajstić information content (AvgIpc) is 2.53. The molecule has 0 radical (unpaired) electrons. The minimum absolute atomic E-state index is 0.00477. The SMILES string of the molecule is O=C(O)C1CCCCN1C(=O)C1CCSc2ccccc21. The van der Waals surface area contributed by atoms with Gasteiger partial charge in [-0.05, 0) is 43.1 Å². The molecule has 0 saturated carbocycles. The molecule has 0 spiro atoms. The molecule has 1 aromatic carbocycles. The second-order valence-corrected chi connectivity index (χ2v) is 6.75. The topological polar surface area (TPSA) is 57.6 Å². The Balaban J connectivity index is 1.86. The van der Waals surface area contributed by atoms with Crippen molar-refractivity contribution >= 4 is 23.6 Å². The molecule has 0 aromatic heterocycles. The predicted molar refractivity (Wildman–Crippen MR) is 81.5 cm³/mol. The molecule has 1 N–H and O–H groups in total. The molecule has 3 rings (SSSR count). The molecule has 1 fully saturated rings. The first-order chi connectivity index (χ1) is 10.2. The number of carbonyl (C=O) groups excluding carboxylic acids is 1. The molecule has 2 atom stereocenters. The zero-order valence-corrected chi connectivity index (χ0v) is 12.6. The molecule has 0 aliphatic carbocycles. The van der Waals surface area contributed by atoms with Crippen LogP contribution < -0.4 is 0 Å². The summed E-state index contributed by atoms with van der Waals surface area (Å²) >= 11 is 1.78. The summed E-state index contributed by atoms with van der Waals surface area (Å²) in [6.07, 6.45) is 3.16. The summed E-state index contributed by atoms with van der Waals surface area (Å²) in [5.74, 6) is -0.141. The maximum atomic E-state index is 12.9. The molecule has 1 aromatic rings. The van der Waals surface area contributed by atoms with Crippen molar-refractivity contribution in [2.45, 2.75) is 42.5 Å². The molecule has 2 aliphatic heterocycles. The van der Waals surface area contributed by atoms with E-state index in [0.717, 1.165) is 35.5 Å². The first kappa shape index (κ1) is 14.4. The molecule has 4 nitrogen and oxygen atoms in total. The van der Waals surface area contributed by atoms with Gasteiger partial charge in [-0.15, -0.1) is 11.8 Å². The van der Waals surface area contributed by atoms with E-state index in [2.05, 4.69) is 0 Å².